The van der Waals surface area contributed by atoms with Crippen molar-refractivity contribution in [3.8, 4) is 5.75 Å². The van der Waals surface area contributed by atoms with Crippen molar-refractivity contribution in [3.05, 3.63) is 29.8 Å². The zero-order valence-corrected chi connectivity index (χ0v) is 12.8. The van der Waals surface area contributed by atoms with Gasteiger partial charge in [-0.15, -0.1) is 0 Å². The van der Waals surface area contributed by atoms with Crippen molar-refractivity contribution in [2.24, 2.45) is 11.7 Å². The third kappa shape index (κ3) is 4.70. The Morgan fingerprint density at radius 1 is 1.29 bits per heavy atom. The second-order valence-corrected chi connectivity index (χ2v) is 5.84. The molecule has 1 aliphatic rings. The Bertz CT molecular complexity index is 414. The molecule has 0 aliphatic heterocycles. The van der Waals surface area contributed by atoms with Crippen LogP contribution in [0.25, 0.3) is 0 Å². The second kappa shape index (κ2) is 8.37. The summed E-state index contributed by atoms with van der Waals surface area (Å²) in [5.41, 5.74) is 6.39. The van der Waals surface area contributed by atoms with E-state index in [-0.39, 0.29) is 6.54 Å². The first kappa shape index (κ1) is 16.3. The number of hydrogen-bond donors (Lipinski definition) is 2. The van der Waals surface area contributed by atoms with Gasteiger partial charge in [0, 0.05) is 13.7 Å². The van der Waals surface area contributed by atoms with Gasteiger partial charge < -0.3 is 20.3 Å². The van der Waals surface area contributed by atoms with Crippen LogP contribution in [0.1, 0.15) is 43.8 Å². The van der Waals surface area contributed by atoms with E-state index in [2.05, 4.69) is 0 Å². The number of hydrogen-bond acceptors (Lipinski definition) is 4. The summed E-state index contributed by atoms with van der Waals surface area (Å²) in [6.45, 7) is 1.05. The number of rotatable bonds is 7. The number of aliphatic hydroxyl groups is 1. The van der Waals surface area contributed by atoms with Gasteiger partial charge in [-0.2, -0.15) is 0 Å². The van der Waals surface area contributed by atoms with Gasteiger partial charge in [-0.25, -0.2) is 0 Å². The molecule has 1 aliphatic carbocycles. The summed E-state index contributed by atoms with van der Waals surface area (Å²) in [4.78, 5) is 0. The highest BCUT2D eigenvalue weighted by Gasteiger charge is 2.20. The minimum atomic E-state index is -0.724. The van der Waals surface area contributed by atoms with E-state index in [9.17, 15) is 5.11 Å². The summed E-state index contributed by atoms with van der Waals surface area (Å²) in [7, 11) is 1.56. The molecule has 4 nitrogen and oxygen atoms in total. The molecular formula is C17H27NO3. The van der Waals surface area contributed by atoms with Crippen LogP contribution in [0.4, 0.5) is 0 Å². The predicted octanol–water partition coefficient (Wildman–Crippen LogP) is 2.65. The summed E-state index contributed by atoms with van der Waals surface area (Å²) >= 11 is 0. The molecule has 2 atom stereocenters. The Morgan fingerprint density at radius 2 is 2.05 bits per heavy atom. The van der Waals surface area contributed by atoms with Crippen LogP contribution in [0.5, 0.6) is 5.75 Å². The number of methoxy groups -OCH3 is 1. The Labute approximate surface area is 127 Å². The number of ether oxygens (including phenoxy) is 2. The van der Waals surface area contributed by atoms with Crippen molar-refractivity contribution in [2.75, 3.05) is 20.3 Å². The lowest BCUT2D eigenvalue weighted by Crippen LogP contribution is -2.29. The number of nitrogens with two attached hydrogens (primary N) is 1. The van der Waals surface area contributed by atoms with E-state index >= 15 is 0 Å². The average Bonchev–Trinajstić information content (AvgIpc) is 2.55. The lowest BCUT2D eigenvalue weighted by molar-refractivity contribution is -0.00733. The topological polar surface area (TPSA) is 64.7 Å². The quantitative estimate of drug-likeness (QED) is 0.811. The van der Waals surface area contributed by atoms with Crippen LogP contribution in [0.15, 0.2) is 24.3 Å². The Morgan fingerprint density at radius 3 is 2.71 bits per heavy atom. The van der Waals surface area contributed by atoms with E-state index in [4.69, 9.17) is 15.2 Å². The SMILES string of the molecule is CO[C@@H](CN)[C@@H](O)c1cccc(OCC2CCCCC2)c1. The second-order valence-electron chi connectivity index (χ2n) is 5.84. The van der Waals surface area contributed by atoms with Gasteiger partial charge in [0.25, 0.3) is 0 Å². The number of aliphatic hydroxyl groups excluding tert-OH is 1. The fourth-order valence-corrected chi connectivity index (χ4v) is 2.92. The van der Waals surface area contributed by atoms with Gasteiger partial charge in [0.05, 0.1) is 12.7 Å². The molecule has 0 heterocycles. The van der Waals surface area contributed by atoms with Crippen molar-refractivity contribution >= 4 is 0 Å². The van der Waals surface area contributed by atoms with Crippen LogP contribution < -0.4 is 10.5 Å². The molecular weight excluding hydrogens is 266 g/mol. The minimum Gasteiger partial charge on any atom is -0.493 e. The monoisotopic (exact) mass is 293 g/mol. The van der Waals surface area contributed by atoms with E-state index in [0.29, 0.717) is 5.92 Å². The molecule has 118 valence electrons. The first-order valence-electron chi connectivity index (χ1n) is 7.88. The van der Waals surface area contributed by atoms with Gasteiger partial charge in [0.1, 0.15) is 11.9 Å². The van der Waals surface area contributed by atoms with Gasteiger partial charge in [-0.05, 0) is 36.5 Å². The predicted molar refractivity (Wildman–Crippen MR) is 83.3 cm³/mol. The molecule has 1 fully saturated rings. The summed E-state index contributed by atoms with van der Waals surface area (Å²) < 4.78 is 11.1. The number of benzene rings is 1. The molecule has 1 aromatic carbocycles. The Balaban J connectivity index is 1.93. The molecule has 0 saturated heterocycles. The summed E-state index contributed by atoms with van der Waals surface area (Å²) in [6, 6.07) is 7.59. The molecule has 3 N–H and O–H groups in total. The average molecular weight is 293 g/mol. The van der Waals surface area contributed by atoms with Crippen LogP contribution in [-0.2, 0) is 4.74 Å². The molecule has 0 amide bonds. The fourth-order valence-electron chi connectivity index (χ4n) is 2.92. The van der Waals surface area contributed by atoms with E-state index in [1.54, 1.807) is 7.11 Å². The first-order chi connectivity index (χ1) is 10.2. The zero-order valence-electron chi connectivity index (χ0n) is 12.8. The molecule has 0 spiro atoms. The lowest BCUT2D eigenvalue weighted by atomic mass is 9.90. The van der Waals surface area contributed by atoms with E-state index in [1.807, 2.05) is 24.3 Å². The van der Waals surface area contributed by atoms with Gasteiger partial charge in [-0.3, -0.25) is 0 Å². The van der Waals surface area contributed by atoms with E-state index in [1.165, 1.54) is 32.1 Å². The largest absolute Gasteiger partial charge is 0.493 e. The Hall–Kier alpha value is -1.10. The van der Waals surface area contributed by atoms with Gasteiger partial charge >= 0.3 is 0 Å². The van der Waals surface area contributed by atoms with Gasteiger partial charge in [0.2, 0.25) is 0 Å². The van der Waals surface area contributed by atoms with Crippen molar-refractivity contribution < 1.29 is 14.6 Å². The minimum absolute atomic E-state index is 0.283. The van der Waals surface area contributed by atoms with Crippen molar-refractivity contribution in [3.63, 3.8) is 0 Å². The maximum Gasteiger partial charge on any atom is 0.119 e. The third-order valence-electron chi connectivity index (χ3n) is 4.30. The smallest absolute Gasteiger partial charge is 0.119 e. The van der Waals surface area contributed by atoms with Crippen molar-refractivity contribution in [1.82, 2.24) is 0 Å². The van der Waals surface area contributed by atoms with Crippen LogP contribution in [0.3, 0.4) is 0 Å². The third-order valence-corrected chi connectivity index (χ3v) is 4.30. The van der Waals surface area contributed by atoms with E-state index in [0.717, 1.165) is 17.9 Å². The maximum atomic E-state index is 10.3. The highest BCUT2D eigenvalue weighted by atomic mass is 16.5. The van der Waals surface area contributed by atoms with Gasteiger partial charge in [0.15, 0.2) is 0 Å². The molecule has 4 heteroatoms. The molecule has 1 saturated carbocycles. The fraction of sp³-hybridized carbons (Fsp3) is 0.647. The van der Waals surface area contributed by atoms with Crippen molar-refractivity contribution in [1.29, 1.82) is 0 Å². The Kier molecular flexibility index (Phi) is 6.49. The first-order valence-corrected chi connectivity index (χ1v) is 7.88. The summed E-state index contributed by atoms with van der Waals surface area (Å²) in [6.07, 6.45) is 5.41. The van der Waals surface area contributed by atoms with Crippen LogP contribution in [0.2, 0.25) is 0 Å². The highest BCUT2D eigenvalue weighted by Crippen LogP contribution is 2.26. The zero-order chi connectivity index (χ0) is 15.1. The normalized spacial score (nSPS) is 19.2. The summed E-state index contributed by atoms with van der Waals surface area (Å²) in [5, 5.41) is 10.3. The molecule has 2 rings (SSSR count). The molecule has 21 heavy (non-hydrogen) atoms. The highest BCUT2D eigenvalue weighted by molar-refractivity contribution is 5.30. The van der Waals surface area contributed by atoms with Crippen LogP contribution in [0, 0.1) is 5.92 Å². The van der Waals surface area contributed by atoms with Crippen LogP contribution in [-0.4, -0.2) is 31.5 Å². The van der Waals surface area contributed by atoms with E-state index < -0.39 is 12.2 Å². The van der Waals surface area contributed by atoms with Crippen LogP contribution >= 0.6 is 0 Å². The molecule has 0 aromatic heterocycles. The lowest BCUT2D eigenvalue weighted by Gasteiger charge is -2.23. The maximum absolute atomic E-state index is 10.3. The standard InChI is InChI=1S/C17H27NO3/c1-20-16(11-18)17(19)14-8-5-9-15(10-14)21-12-13-6-3-2-4-7-13/h5,8-10,13,16-17,19H,2-4,6-7,11-12,18H2,1H3/t16-,17-/m0/s1. The van der Waals surface area contributed by atoms with Crippen molar-refractivity contribution in [2.45, 2.75) is 44.3 Å². The molecule has 1 aromatic rings. The van der Waals surface area contributed by atoms with Gasteiger partial charge in [-0.1, -0.05) is 31.4 Å². The molecule has 0 radical (unpaired) electrons. The molecule has 0 bridgehead atoms. The summed E-state index contributed by atoms with van der Waals surface area (Å²) in [5.74, 6) is 1.48. The molecule has 0 unspecified atom stereocenters.